The number of hydrogen-bond donors (Lipinski definition) is 2. The van der Waals surface area contributed by atoms with Gasteiger partial charge >= 0.3 is 0 Å². The van der Waals surface area contributed by atoms with Crippen LogP contribution in [0.5, 0.6) is 0 Å². The molecule has 0 saturated heterocycles. The molecule has 2 heterocycles. The number of rotatable bonds is 4. The van der Waals surface area contributed by atoms with Crippen molar-refractivity contribution >= 4 is 28.2 Å². The van der Waals surface area contributed by atoms with E-state index in [0.717, 1.165) is 47.8 Å². The van der Waals surface area contributed by atoms with Crippen LogP contribution in [0.25, 0.3) is 0 Å². The first-order chi connectivity index (χ1) is 12.3. The molecule has 6 heteroatoms. The molecule has 1 fully saturated rings. The maximum atomic E-state index is 12.7. The Morgan fingerprint density at radius 3 is 2.77 bits per heavy atom. The van der Waals surface area contributed by atoms with Gasteiger partial charge < -0.3 is 15.1 Å². The molecular formula is C20H24N2O3S. The number of fused-ring (bicyclic) bond motifs is 1. The maximum Gasteiger partial charge on any atom is 0.261 e. The van der Waals surface area contributed by atoms with Crippen LogP contribution in [0.4, 0.5) is 5.00 Å². The van der Waals surface area contributed by atoms with E-state index in [4.69, 9.17) is 4.42 Å². The Kier molecular flexibility index (Phi) is 4.18. The summed E-state index contributed by atoms with van der Waals surface area (Å²) < 4.78 is 5.84. The van der Waals surface area contributed by atoms with Gasteiger partial charge in [-0.15, -0.1) is 11.3 Å². The highest BCUT2D eigenvalue weighted by atomic mass is 32.1. The van der Waals surface area contributed by atoms with Crippen molar-refractivity contribution in [3.63, 3.8) is 0 Å². The molecule has 26 heavy (non-hydrogen) atoms. The summed E-state index contributed by atoms with van der Waals surface area (Å²) in [6.07, 6.45) is 3.70. The lowest BCUT2D eigenvalue weighted by molar-refractivity contribution is -0.117. The number of thiophene rings is 1. The van der Waals surface area contributed by atoms with Crippen LogP contribution in [-0.4, -0.2) is 11.8 Å². The zero-order valence-electron chi connectivity index (χ0n) is 15.3. The third-order valence-corrected chi connectivity index (χ3v) is 6.07. The Morgan fingerprint density at radius 2 is 2.04 bits per heavy atom. The van der Waals surface area contributed by atoms with Gasteiger partial charge in [0.15, 0.2) is 0 Å². The Labute approximate surface area is 157 Å². The minimum absolute atomic E-state index is 0.0506. The minimum Gasteiger partial charge on any atom is -0.466 e. The van der Waals surface area contributed by atoms with Gasteiger partial charge in [0.25, 0.3) is 5.91 Å². The zero-order valence-corrected chi connectivity index (χ0v) is 16.2. The summed E-state index contributed by atoms with van der Waals surface area (Å²) in [6, 6.07) is 5.56. The monoisotopic (exact) mass is 372 g/mol. The third kappa shape index (κ3) is 3.56. The lowest BCUT2D eigenvalue weighted by Crippen LogP contribution is -2.35. The van der Waals surface area contributed by atoms with E-state index in [1.54, 1.807) is 12.1 Å². The average molecular weight is 372 g/mol. The van der Waals surface area contributed by atoms with E-state index in [-0.39, 0.29) is 29.2 Å². The Hall–Kier alpha value is -2.08. The first-order valence-corrected chi connectivity index (χ1v) is 9.93. The van der Waals surface area contributed by atoms with Crippen molar-refractivity contribution in [3.8, 4) is 0 Å². The van der Waals surface area contributed by atoms with Crippen molar-refractivity contribution in [2.45, 2.75) is 52.5 Å². The molecule has 2 amide bonds. The molecule has 0 bridgehead atoms. The molecule has 2 N–H and O–H groups in total. The second-order valence-corrected chi connectivity index (χ2v) is 9.32. The van der Waals surface area contributed by atoms with E-state index in [2.05, 4.69) is 24.5 Å². The van der Waals surface area contributed by atoms with Crippen molar-refractivity contribution in [3.05, 3.63) is 40.2 Å². The fourth-order valence-corrected chi connectivity index (χ4v) is 4.45. The zero-order chi connectivity index (χ0) is 18.5. The van der Waals surface area contributed by atoms with Gasteiger partial charge in [0, 0.05) is 17.9 Å². The molecule has 2 aromatic heterocycles. The van der Waals surface area contributed by atoms with Crippen LogP contribution in [-0.2, 0) is 11.2 Å². The van der Waals surface area contributed by atoms with Gasteiger partial charge in [0.2, 0.25) is 5.91 Å². The molecule has 4 rings (SSSR count). The highest BCUT2D eigenvalue weighted by Gasteiger charge is 2.36. The SMILES string of the molecule is Cc1cc2c(o1)CC(C)(C)CC2NC(=O)c1ccc(NC(=O)C2CC2)s1. The molecule has 1 unspecified atom stereocenters. The van der Waals surface area contributed by atoms with E-state index < -0.39 is 0 Å². The summed E-state index contributed by atoms with van der Waals surface area (Å²) in [7, 11) is 0. The quantitative estimate of drug-likeness (QED) is 0.833. The second kappa shape index (κ2) is 6.27. The van der Waals surface area contributed by atoms with Crippen LogP contribution in [0.15, 0.2) is 22.6 Å². The lowest BCUT2D eigenvalue weighted by atomic mass is 9.74. The third-order valence-electron chi connectivity index (χ3n) is 5.07. The van der Waals surface area contributed by atoms with E-state index in [1.807, 2.05) is 13.0 Å². The first kappa shape index (κ1) is 17.3. The van der Waals surface area contributed by atoms with E-state index in [0.29, 0.717) is 4.88 Å². The summed E-state index contributed by atoms with van der Waals surface area (Å²) in [5.74, 6) is 1.98. The predicted octanol–water partition coefficient (Wildman–Crippen LogP) is 4.44. The van der Waals surface area contributed by atoms with Gasteiger partial charge in [0.05, 0.1) is 15.9 Å². The number of carbonyl (C=O) groups excluding carboxylic acids is 2. The van der Waals surface area contributed by atoms with Crippen LogP contribution in [0.3, 0.4) is 0 Å². The summed E-state index contributed by atoms with van der Waals surface area (Å²) in [4.78, 5) is 25.2. The van der Waals surface area contributed by atoms with Gasteiger partial charge in [0.1, 0.15) is 11.5 Å². The van der Waals surface area contributed by atoms with Gasteiger partial charge in [-0.25, -0.2) is 0 Å². The van der Waals surface area contributed by atoms with Crippen molar-refractivity contribution < 1.29 is 14.0 Å². The molecule has 5 nitrogen and oxygen atoms in total. The number of nitrogens with one attached hydrogen (secondary N) is 2. The van der Waals surface area contributed by atoms with Gasteiger partial charge in [-0.05, 0) is 49.8 Å². The summed E-state index contributed by atoms with van der Waals surface area (Å²) in [5.41, 5.74) is 1.17. The van der Waals surface area contributed by atoms with Crippen molar-refractivity contribution in [2.24, 2.45) is 11.3 Å². The van der Waals surface area contributed by atoms with Crippen LogP contribution >= 0.6 is 11.3 Å². The van der Waals surface area contributed by atoms with Crippen LogP contribution in [0.2, 0.25) is 0 Å². The molecule has 0 spiro atoms. The topological polar surface area (TPSA) is 71.3 Å². The number of anilines is 1. The largest absolute Gasteiger partial charge is 0.466 e. The second-order valence-electron chi connectivity index (χ2n) is 8.23. The van der Waals surface area contributed by atoms with Crippen LogP contribution in [0.1, 0.15) is 65.9 Å². The lowest BCUT2D eigenvalue weighted by Gasteiger charge is -2.34. The van der Waals surface area contributed by atoms with Gasteiger partial charge in [-0.2, -0.15) is 0 Å². The average Bonchev–Trinajstić information content (AvgIpc) is 3.19. The number of amides is 2. The fourth-order valence-electron chi connectivity index (χ4n) is 3.64. The van der Waals surface area contributed by atoms with E-state index >= 15 is 0 Å². The predicted molar refractivity (Wildman–Crippen MR) is 101 cm³/mol. The highest BCUT2D eigenvalue weighted by molar-refractivity contribution is 7.18. The molecular weight excluding hydrogens is 348 g/mol. The molecule has 138 valence electrons. The first-order valence-electron chi connectivity index (χ1n) is 9.11. The van der Waals surface area contributed by atoms with Gasteiger partial charge in [-0.3, -0.25) is 9.59 Å². The van der Waals surface area contributed by atoms with E-state index in [9.17, 15) is 9.59 Å². The Bertz CT molecular complexity index is 860. The number of aryl methyl sites for hydroxylation is 1. The normalized spacial score (nSPS) is 21.1. The Morgan fingerprint density at radius 1 is 1.27 bits per heavy atom. The smallest absolute Gasteiger partial charge is 0.261 e. The fraction of sp³-hybridized carbons (Fsp3) is 0.500. The standard InChI is InChI=1S/C20H24N2O3S/c1-11-8-13-14(9-20(2,3)10-15(13)25-11)21-19(24)16-6-7-17(26-16)22-18(23)12-4-5-12/h6-8,12,14H,4-5,9-10H2,1-3H3,(H,21,24)(H,22,23). The molecule has 0 aromatic carbocycles. The van der Waals surface area contributed by atoms with Crippen molar-refractivity contribution in [1.82, 2.24) is 5.32 Å². The van der Waals surface area contributed by atoms with Gasteiger partial charge in [-0.1, -0.05) is 13.8 Å². The molecule has 1 saturated carbocycles. The van der Waals surface area contributed by atoms with E-state index in [1.165, 1.54) is 11.3 Å². The number of hydrogen-bond acceptors (Lipinski definition) is 4. The number of furan rings is 1. The molecule has 0 aliphatic heterocycles. The summed E-state index contributed by atoms with van der Waals surface area (Å²) in [5, 5.41) is 6.79. The number of carbonyl (C=O) groups is 2. The summed E-state index contributed by atoms with van der Waals surface area (Å²) in [6.45, 7) is 6.34. The molecule has 0 radical (unpaired) electrons. The molecule has 1 atom stereocenters. The highest BCUT2D eigenvalue weighted by Crippen LogP contribution is 2.42. The molecule has 2 aromatic rings. The molecule has 2 aliphatic rings. The minimum atomic E-state index is -0.102. The maximum absolute atomic E-state index is 12.7. The van der Waals surface area contributed by atoms with Crippen molar-refractivity contribution in [2.75, 3.05) is 5.32 Å². The van der Waals surface area contributed by atoms with Crippen LogP contribution in [0, 0.1) is 18.3 Å². The Balaban J connectivity index is 1.47. The van der Waals surface area contributed by atoms with Crippen molar-refractivity contribution in [1.29, 1.82) is 0 Å². The molecule has 2 aliphatic carbocycles. The summed E-state index contributed by atoms with van der Waals surface area (Å²) >= 11 is 1.32. The van der Waals surface area contributed by atoms with Crippen LogP contribution < -0.4 is 10.6 Å².